The van der Waals surface area contributed by atoms with Crippen LogP contribution in [0.1, 0.15) is 19.5 Å². The molecule has 0 atom stereocenters. The van der Waals surface area contributed by atoms with Crippen LogP contribution in [0.2, 0.25) is 0 Å². The Balaban J connectivity index is 2.51. The quantitative estimate of drug-likeness (QED) is 0.840. The average Bonchev–Trinajstić information content (AvgIpc) is 2.41. The molecule has 2 rings (SSSR count). The van der Waals surface area contributed by atoms with E-state index >= 15 is 0 Å². The van der Waals surface area contributed by atoms with Crippen molar-refractivity contribution in [2.75, 3.05) is 12.4 Å². The van der Waals surface area contributed by atoms with Crippen LogP contribution < -0.4 is 5.32 Å². The normalized spacial score (nSPS) is 10.8. The van der Waals surface area contributed by atoms with E-state index in [-0.39, 0.29) is 0 Å². The number of halogens is 1. The van der Waals surface area contributed by atoms with Gasteiger partial charge in [-0.25, -0.2) is 19.9 Å². The molecule has 19 heavy (non-hydrogen) atoms. The lowest BCUT2D eigenvalue weighted by atomic mass is 10.1. The van der Waals surface area contributed by atoms with Crippen LogP contribution in [-0.2, 0) is 6.42 Å². The average molecular weight is 369 g/mol. The Kier molecular flexibility index (Phi) is 4.62. The standard InChI is InChI=1S/C13H16IN5/c1-8(2)6-10-11(14)13(15-3)19-12(18-10)9-4-5-16-7-17-9/h4-5,7-8H,6H2,1-3H3,(H,15,18,19). The van der Waals surface area contributed by atoms with Crippen molar-refractivity contribution in [2.24, 2.45) is 5.92 Å². The summed E-state index contributed by atoms with van der Waals surface area (Å²) in [5.74, 6) is 2.04. The van der Waals surface area contributed by atoms with Gasteiger partial charge in [0.2, 0.25) is 0 Å². The molecule has 2 heterocycles. The lowest BCUT2D eigenvalue weighted by Gasteiger charge is -2.12. The summed E-state index contributed by atoms with van der Waals surface area (Å²) in [5.41, 5.74) is 1.80. The maximum absolute atomic E-state index is 4.64. The van der Waals surface area contributed by atoms with Crippen molar-refractivity contribution in [1.82, 2.24) is 19.9 Å². The highest BCUT2D eigenvalue weighted by Gasteiger charge is 2.14. The van der Waals surface area contributed by atoms with Gasteiger partial charge >= 0.3 is 0 Å². The Morgan fingerprint density at radius 2 is 2.11 bits per heavy atom. The van der Waals surface area contributed by atoms with Gasteiger partial charge in [-0.1, -0.05) is 13.8 Å². The van der Waals surface area contributed by atoms with Gasteiger partial charge in [0.25, 0.3) is 0 Å². The Labute approximate surface area is 126 Å². The third-order valence-electron chi connectivity index (χ3n) is 2.57. The van der Waals surface area contributed by atoms with Gasteiger partial charge in [0.15, 0.2) is 5.82 Å². The van der Waals surface area contributed by atoms with E-state index < -0.39 is 0 Å². The summed E-state index contributed by atoms with van der Waals surface area (Å²) < 4.78 is 1.08. The predicted octanol–water partition coefficient (Wildman–Crippen LogP) is 2.78. The molecule has 0 unspecified atom stereocenters. The lowest BCUT2D eigenvalue weighted by molar-refractivity contribution is 0.632. The van der Waals surface area contributed by atoms with Gasteiger partial charge in [-0.05, 0) is 41.0 Å². The summed E-state index contributed by atoms with van der Waals surface area (Å²) in [6.45, 7) is 4.36. The molecule has 0 fully saturated rings. The van der Waals surface area contributed by atoms with E-state index in [1.54, 1.807) is 6.20 Å². The number of aromatic nitrogens is 4. The Bertz CT molecular complexity index is 556. The molecule has 0 aromatic carbocycles. The fraction of sp³-hybridized carbons (Fsp3) is 0.385. The molecule has 0 amide bonds. The van der Waals surface area contributed by atoms with Crippen LogP contribution in [0.5, 0.6) is 0 Å². The third kappa shape index (κ3) is 3.37. The molecular weight excluding hydrogens is 353 g/mol. The Morgan fingerprint density at radius 3 is 2.68 bits per heavy atom. The zero-order valence-corrected chi connectivity index (χ0v) is 13.3. The molecule has 100 valence electrons. The predicted molar refractivity (Wildman–Crippen MR) is 83.9 cm³/mol. The molecule has 0 saturated heterocycles. The fourth-order valence-electron chi connectivity index (χ4n) is 1.72. The van der Waals surface area contributed by atoms with Crippen LogP contribution in [-0.4, -0.2) is 27.0 Å². The maximum atomic E-state index is 4.64. The first-order chi connectivity index (χ1) is 9.11. The van der Waals surface area contributed by atoms with Crippen molar-refractivity contribution >= 4 is 28.4 Å². The molecule has 2 aromatic rings. The topological polar surface area (TPSA) is 63.6 Å². The molecule has 1 N–H and O–H groups in total. The summed E-state index contributed by atoms with van der Waals surface area (Å²) in [6.07, 6.45) is 4.14. The van der Waals surface area contributed by atoms with Gasteiger partial charge < -0.3 is 5.32 Å². The van der Waals surface area contributed by atoms with Gasteiger partial charge in [0, 0.05) is 13.2 Å². The van der Waals surface area contributed by atoms with Crippen molar-refractivity contribution in [3.8, 4) is 11.5 Å². The minimum absolute atomic E-state index is 0.548. The maximum Gasteiger partial charge on any atom is 0.180 e. The van der Waals surface area contributed by atoms with E-state index in [1.165, 1.54) is 6.33 Å². The Morgan fingerprint density at radius 1 is 1.32 bits per heavy atom. The first-order valence-corrected chi connectivity index (χ1v) is 7.20. The zero-order chi connectivity index (χ0) is 13.8. The van der Waals surface area contributed by atoms with Crippen LogP contribution in [0.25, 0.3) is 11.5 Å². The molecule has 2 aromatic heterocycles. The lowest BCUT2D eigenvalue weighted by Crippen LogP contribution is -2.08. The molecular formula is C13H16IN5. The van der Waals surface area contributed by atoms with Crippen molar-refractivity contribution in [1.29, 1.82) is 0 Å². The van der Waals surface area contributed by atoms with Crippen molar-refractivity contribution in [3.63, 3.8) is 0 Å². The summed E-state index contributed by atoms with van der Waals surface area (Å²) in [4.78, 5) is 17.3. The van der Waals surface area contributed by atoms with E-state index in [2.05, 4.69) is 61.7 Å². The van der Waals surface area contributed by atoms with Gasteiger partial charge in [0.05, 0.1) is 9.26 Å². The van der Waals surface area contributed by atoms with Crippen LogP contribution in [0.3, 0.4) is 0 Å². The van der Waals surface area contributed by atoms with Gasteiger partial charge in [0.1, 0.15) is 17.8 Å². The number of nitrogens with zero attached hydrogens (tertiary/aromatic N) is 4. The molecule has 5 nitrogen and oxygen atoms in total. The summed E-state index contributed by atoms with van der Waals surface area (Å²) >= 11 is 2.29. The molecule has 0 saturated carbocycles. The van der Waals surface area contributed by atoms with Gasteiger partial charge in [-0.15, -0.1) is 0 Å². The highest BCUT2D eigenvalue weighted by molar-refractivity contribution is 14.1. The highest BCUT2D eigenvalue weighted by Crippen LogP contribution is 2.24. The highest BCUT2D eigenvalue weighted by atomic mass is 127. The van der Waals surface area contributed by atoms with Crippen molar-refractivity contribution in [3.05, 3.63) is 27.9 Å². The van der Waals surface area contributed by atoms with Crippen molar-refractivity contribution in [2.45, 2.75) is 20.3 Å². The molecule has 0 aliphatic carbocycles. The number of hydrogen-bond donors (Lipinski definition) is 1. The summed E-state index contributed by atoms with van der Waals surface area (Å²) in [7, 11) is 1.87. The van der Waals surface area contributed by atoms with E-state index in [0.717, 1.165) is 27.2 Å². The number of rotatable bonds is 4. The minimum Gasteiger partial charge on any atom is -0.372 e. The van der Waals surface area contributed by atoms with Crippen LogP contribution in [0.15, 0.2) is 18.6 Å². The fourth-order valence-corrected chi connectivity index (χ4v) is 2.45. The number of anilines is 1. The van der Waals surface area contributed by atoms with Crippen LogP contribution in [0.4, 0.5) is 5.82 Å². The van der Waals surface area contributed by atoms with Crippen LogP contribution in [0, 0.1) is 9.49 Å². The molecule has 0 aliphatic rings. The minimum atomic E-state index is 0.548. The molecule has 0 radical (unpaired) electrons. The number of nitrogens with one attached hydrogen (secondary N) is 1. The monoisotopic (exact) mass is 369 g/mol. The summed E-state index contributed by atoms with van der Waals surface area (Å²) in [5, 5.41) is 3.12. The summed E-state index contributed by atoms with van der Waals surface area (Å²) in [6, 6.07) is 1.82. The SMILES string of the molecule is CNc1nc(-c2ccncn2)nc(CC(C)C)c1I. The third-order valence-corrected chi connectivity index (χ3v) is 3.70. The van der Waals surface area contributed by atoms with E-state index in [4.69, 9.17) is 0 Å². The zero-order valence-electron chi connectivity index (χ0n) is 11.2. The number of hydrogen-bond acceptors (Lipinski definition) is 5. The molecule has 6 heteroatoms. The first-order valence-electron chi connectivity index (χ1n) is 6.12. The molecule has 0 spiro atoms. The Hall–Kier alpha value is -1.31. The second kappa shape index (κ2) is 6.23. The second-order valence-corrected chi connectivity index (χ2v) is 5.68. The van der Waals surface area contributed by atoms with E-state index in [9.17, 15) is 0 Å². The van der Waals surface area contributed by atoms with E-state index in [0.29, 0.717) is 11.7 Å². The molecule has 0 bridgehead atoms. The van der Waals surface area contributed by atoms with Gasteiger partial charge in [-0.3, -0.25) is 0 Å². The first kappa shape index (κ1) is 14.1. The van der Waals surface area contributed by atoms with Gasteiger partial charge in [-0.2, -0.15) is 0 Å². The van der Waals surface area contributed by atoms with E-state index in [1.807, 2.05) is 13.1 Å². The largest absolute Gasteiger partial charge is 0.372 e. The smallest absolute Gasteiger partial charge is 0.180 e. The molecule has 0 aliphatic heterocycles. The second-order valence-electron chi connectivity index (χ2n) is 4.60. The van der Waals surface area contributed by atoms with Crippen LogP contribution >= 0.6 is 22.6 Å². The van der Waals surface area contributed by atoms with Crippen molar-refractivity contribution < 1.29 is 0 Å².